The van der Waals surface area contributed by atoms with Gasteiger partial charge in [0.15, 0.2) is 0 Å². The third-order valence-corrected chi connectivity index (χ3v) is 3.30. The van der Waals surface area contributed by atoms with Crippen LogP contribution in [0.5, 0.6) is 0 Å². The van der Waals surface area contributed by atoms with E-state index in [1.54, 1.807) is 0 Å². The topological polar surface area (TPSA) is 15.3 Å². The highest BCUT2D eigenvalue weighted by molar-refractivity contribution is 4.88. The van der Waals surface area contributed by atoms with E-state index in [9.17, 15) is 0 Å². The van der Waals surface area contributed by atoms with Crippen LogP contribution in [0, 0.1) is 5.92 Å². The fourth-order valence-electron chi connectivity index (χ4n) is 2.08. The van der Waals surface area contributed by atoms with Crippen LogP contribution >= 0.6 is 0 Å². The largest absolute Gasteiger partial charge is 0.317 e. The summed E-state index contributed by atoms with van der Waals surface area (Å²) in [7, 11) is 0. The summed E-state index contributed by atoms with van der Waals surface area (Å²) in [6.07, 6.45) is 7.26. The summed E-state index contributed by atoms with van der Waals surface area (Å²) < 4.78 is 0. The Kier molecular flexibility index (Phi) is 3.82. The van der Waals surface area contributed by atoms with Gasteiger partial charge in [-0.05, 0) is 57.7 Å². The lowest BCUT2D eigenvalue weighted by molar-refractivity contribution is 0.249. The van der Waals surface area contributed by atoms with Crippen LogP contribution in [0.1, 0.15) is 39.0 Å². The lowest BCUT2D eigenvalue weighted by Crippen LogP contribution is -2.31. The Morgan fingerprint density at radius 3 is 2.57 bits per heavy atom. The molecule has 2 aliphatic rings. The van der Waals surface area contributed by atoms with Gasteiger partial charge in [-0.3, -0.25) is 0 Å². The summed E-state index contributed by atoms with van der Waals surface area (Å²) in [4.78, 5) is 2.75. The summed E-state index contributed by atoms with van der Waals surface area (Å²) in [5.74, 6) is 1.06. The van der Waals surface area contributed by atoms with E-state index in [-0.39, 0.29) is 0 Å². The average Bonchev–Trinajstić information content (AvgIpc) is 3.02. The minimum atomic E-state index is 0.970. The van der Waals surface area contributed by atoms with E-state index in [0.717, 1.165) is 18.5 Å². The van der Waals surface area contributed by atoms with Crippen molar-refractivity contribution in [2.24, 2.45) is 5.92 Å². The van der Waals surface area contributed by atoms with Crippen LogP contribution in [0.4, 0.5) is 0 Å². The Morgan fingerprint density at radius 1 is 1.21 bits per heavy atom. The van der Waals surface area contributed by atoms with Crippen molar-refractivity contribution in [3.63, 3.8) is 0 Å². The summed E-state index contributed by atoms with van der Waals surface area (Å²) in [6, 6.07) is 0.970. The molecule has 0 aliphatic heterocycles. The Labute approximate surface area is 88.1 Å². The number of hydrogen-bond donors (Lipinski definition) is 1. The van der Waals surface area contributed by atoms with E-state index in [2.05, 4.69) is 17.1 Å². The second-order valence-electron chi connectivity index (χ2n) is 4.88. The Morgan fingerprint density at radius 2 is 2.00 bits per heavy atom. The minimum absolute atomic E-state index is 0.970. The number of rotatable bonds is 8. The van der Waals surface area contributed by atoms with Gasteiger partial charge in [-0.1, -0.05) is 6.92 Å². The number of nitrogens with one attached hydrogen (secondary N) is 1. The van der Waals surface area contributed by atoms with E-state index in [1.165, 1.54) is 51.7 Å². The fraction of sp³-hybridized carbons (Fsp3) is 1.00. The molecule has 1 N–H and O–H groups in total. The van der Waals surface area contributed by atoms with Crippen molar-refractivity contribution in [1.29, 1.82) is 0 Å². The summed E-state index contributed by atoms with van der Waals surface area (Å²) in [5, 5.41) is 3.41. The lowest BCUT2D eigenvalue weighted by atomic mass is 10.3. The van der Waals surface area contributed by atoms with Gasteiger partial charge in [0, 0.05) is 12.6 Å². The normalized spacial score (nSPS) is 21.9. The van der Waals surface area contributed by atoms with E-state index >= 15 is 0 Å². The summed E-state index contributed by atoms with van der Waals surface area (Å²) in [6.45, 7) is 7.23. The van der Waals surface area contributed by atoms with Crippen LogP contribution in [-0.4, -0.2) is 37.1 Å². The van der Waals surface area contributed by atoms with Gasteiger partial charge in [0.05, 0.1) is 0 Å². The molecule has 2 aliphatic carbocycles. The third kappa shape index (κ3) is 3.58. The molecule has 14 heavy (non-hydrogen) atoms. The standard InChI is InChI=1S/C12H24N2/c1-2-13-8-3-9-14(12-6-7-12)10-11-4-5-11/h11-13H,2-10H2,1H3. The first-order valence-electron chi connectivity index (χ1n) is 6.35. The molecule has 0 atom stereocenters. The minimum Gasteiger partial charge on any atom is -0.317 e. The highest BCUT2D eigenvalue weighted by Gasteiger charge is 2.32. The van der Waals surface area contributed by atoms with Crippen molar-refractivity contribution in [2.75, 3.05) is 26.2 Å². The third-order valence-electron chi connectivity index (χ3n) is 3.30. The van der Waals surface area contributed by atoms with Gasteiger partial charge in [0.2, 0.25) is 0 Å². The summed E-state index contributed by atoms with van der Waals surface area (Å²) >= 11 is 0. The fourth-order valence-corrected chi connectivity index (χ4v) is 2.08. The molecule has 0 unspecified atom stereocenters. The van der Waals surface area contributed by atoms with Crippen molar-refractivity contribution >= 4 is 0 Å². The zero-order valence-electron chi connectivity index (χ0n) is 9.47. The molecular weight excluding hydrogens is 172 g/mol. The van der Waals surface area contributed by atoms with E-state index in [4.69, 9.17) is 0 Å². The monoisotopic (exact) mass is 196 g/mol. The van der Waals surface area contributed by atoms with Crippen molar-refractivity contribution < 1.29 is 0 Å². The lowest BCUT2D eigenvalue weighted by Gasteiger charge is -2.21. The van der Waals surface area contributed by atoms with Crippen molar-refractivity contribution in [3.8, 4) is 0 Å². The predicted molar refractivity (Wildman–Crippen MR) is 60.5 cm³/mol. The molecule has 2 nitrogen and oxygen atoms in total. The molecule has 2 rings (SSSR count). The van der Waals surface area contributed by atoms with Crippen LogP contribution in [0.25, 0.3) is 0 Å². The van der Waals surface area contributed by atoms with Gasteiger partial charge in [-0.2, -0.15) is 0 Å². The van der Waals surface area contributed by atoms with Gasteiger partial charge in [-0.25, -0.2) is 0 Å². The highest BCUT2D eigenvalue weighted by Crippen LogP contribution is 2.34. The first kappa shape index (κ1) is 10.4. The molecule has 0 aromatic rings. The zero-order valence-corrected chi connectivity index (χ0v) is 9.47. The van der Waals surface area contributed by atoms with Crippen LogP contribution in [-0.2, 0) is 0 Å². The molecule has 0 radical (unpaired) electrons. The second-order valence-corrected chi connectivity index (χ2v) is 4.88. The van der Waals surface area contributed by atoms with Gasteiger partial charge >= 0.3 is 0 Å². The quantitative estimate of drug-likeness (QED) is 0.596. The molecule has 0 aromatic heterocycles. The van der Waals surface area contributed by atoms with Crippen LogP contribution < -0.4 is 5.32 Å². The number of hydrogen-bond acceptors (Lipinski definition) is 2. The Balaban J connectivity index is 1.57. The maximum atomic E-state index is 3.41. The van der Waals surface area contributed by atoms with Gasteiger partial charge in [-0.15, -0.1) is 0 Å². The molecule has 2 fully saturated rings. The van der Waals surface area contributed by atoms with Crippen molar-refractivity contribution in [2.45, 2.75) is 45.1 Å². The average molecular weight is 196 g/mol. The van der Waals surface area contributed by atoms with Gasteiger partial charge in [0.25, 0.3) is 0 Å². The van der Waals surface area contributed by atoms with Gasteiger partial charge in [0.1, 0.15) is 0 Å². The van der Waals surface area contributed by atoms with E-state index in [1.807, 2.05) is 0 Å². The molecule has 0 amide bonds. The zero-order chi connectivity index (χ0) is 9.80. The predicted octanol–water partition coefficient (Wildman–Crippen LogP) is 1.86. The maximum absolute atomic E-state index is 3.41. The molecule has 2 saturated carbocycles. The SMILES string of the molecule is CCNCCCN(CC1CC1)C1CC1. The Bertz CT molecular complexity index is 162. The molecule has 0 aromatic carbocycles. The summed E-state index contributed by atoms with van der Waals surface area (Å²) in [5.41, 5.74) is 0. The molecule has 0 spiro atoms. The molecule has 82 valence electrons. The van der Waals surface area contributed by atoms with Crippen LogP contribution in [0.3, 0.4) is 0 Å². The van der Waals surface area contributed by atoms with E-state index < -0.39 is 0 Å². The van der Waals surface area contributed by atoms with Crippen LogP contribution in [0.2, 0.25) is 0 Å². The molecule has 2 heteroatoms. The first-order chi connectivity index (χ1) is 6.90. The second kappa shape index (κ2) is 5.13. The van der Waals surface area contributed by atoms with Crippen molar-refractivity contribution in [3.05, 3.63) is 0 Å². The molecule has 0 bridgehead atoms. The molecular formula is C12H24N2. The molecule has 0 heterocycles. The molecule has 0 saturated heterocycles. The Hall–Kier alpha value is -0.0800. The maximum Gasteiger partial charge on any atom is 0.00965 e. The van der Waals surface area contributed by atoms with Crippen LogP contribution in [0.15, 0.2) is 0 Å². The van der Waals surface area contributed by atoms with Crippen molar-refractivity contribution in [1.82, 2.24) is 10.2 Å². The first-order valence-corrected chi connectivity index (χ1v) is 6.35. The smallest absolute Gasteiger partial charge is 0.00965 e. The number of nitrogens with zero attached hydrogens (tertiary/aromatic N) is 1. The van der Waals surface area contributed by atoms with E-state index in [0.29, 0.717) is 0 Å². The van der Waals surface area contributed by atoms with Gasteiger partial charge < -0.3 is 10.2 Å². The highest BCUT2D eigenvalue weighted by atomic mass is 15.2.